The summed E-state index contributed by atoms with van der Waals surface area (Å²) in [7, 11) is 0. The van der Waals surface area contributed by atoms with E-state index in [1.165, 1.54) is 11.4 Å². The van der Waals surface area contributed by atoms with Crippen LogP contribution < -0.4 is 10.6 Å². The summed E-state index contributed by atoms with van der Waals surface area (Å²) >= 11 is 0. The molecule has 0 radical (unpaired) electrons. The number of carbonyl (C=O) groups is 2. The van der Waals surface area contributed by atoms with Gasteiger partial charge in [-0.2, -0.15) is 10.2 Å². The maximum absolute atomic E-state index is 14.8. The van der Waals surface area contributed by atoms with Crippen molar-refractivity contribution in [3.63, 3.8) is 0 Å². The molecule has 2 aromatic carbocycles. The summed E-state index contributed by atoms with van der Waals surface area (Å²) in [6, 6.07) is 21.1. The number of benzene rings is 2. The fourth-order valence-corrected chi connectivity index (χ4v) is 10.6. The molecule has 2 aromatic heterocycles. The minimum Gasteiger partial charge on any atom is -0.342 e. The fraction of sp³-hybridized carbons (Fsp3) is 0.455. The molecule has 0 spiro atoms. The van der Waals surface area contributed by atoms with Gasteiger partial charge in [0.15, 0.2) is 23.2 Å². The van der Waals surface area contributed by atoms with E-state index in [0.717, 1.165) is 88.5 Å². The lowest BCUT2D eigenvalue weighted by Gasteiger charge is -2.45. The molecule has 4 aromatic rings. The molecule has 3 N–H and O–H groups in total. The lowest BCUT2D eigenvalue weighted by molar-refractivity contribution is -0.119. The molecule has 266 valence electrons. The van der Waals surface area contributed by atoms with Gasteiger partial charge in [0.25, 0.3) is 0 Å². The Labute approximate surface area is 305 Å². The molecular weight excluding hydrogens is 645 g/mol. The van der Waals surface area contributed by atoms with Gasteiger partial charge in [-0.1, -0.05) is 81.4 Å². The number of allylic oxidation sites excluding steroid dienone is 4. The summed E-state index contributed by atoms with van der Waals surface area (Å²) in [6.45, 7) is 11.7. The summed E-state index contributed by atoms with van der Waals surface area (Å²) < 4.78 is 2.23. The Balaban J connectivity index is 1.08. The zero-order valence-electron chi connectivity index (χ0n) is 31.0. The minimum atomic E-state index is -0.627. The number of anilines is 2. The van der Waals surface area contributed by atoms with Crippen molar-refractivity contribution in [2.75, 3.05) is 10.6 Å². The number of carbonyl (C=O) groups excluding carboxylic acids is 2. The second-order valence-corrected chi connectivity index (χ2v) is 18.1. The number of rotatable bonds is 6. The van der Waals surface area contributed by atoms with Crippen molar-refractivity contribution in [1.29, 1.82) is 0 Å². The van der Waals surface area contributed by atoms with Crippen molar-refractivity contribution in [3.05, 3.63) is 117 Å². The molecule has 52 heavy (non-hydrogen) atoms. The van der Waals surface area contributed by atoms with Crippen LogP contribution in [0, 0.1) is 10.8 Å². The van der Waals surface area contributed by atoms with Crippen LogP contribution in [0.15, 0.2) is 83.2 Å². The van der Waals surface area contributed by atoms with Crippen molar-refractivity contribution in [1.82, 2.24) is 20.0 Å². The molecule has 6 aliphatic rings. The standard InChI is InChI=1S/C44H48N6O2/c1-41(2)20-29-33(31(51)22-41)44(5,28-14-10-7-11-15-28)36-38(26-18-19-26)50(49-40(36)46-29)24-42(3)21-30-34(32(52)23-42)43(4,27-12-8-6-9-13-27)35-37(25-16-17-25)47-48-39(35)45-30/h6-15,25-26H,16-24H2,1-5H3,(H,46,49)(H2,45,47,48)/t42?,43?,44-/m1/s1. The topological polar surface area (TPSA) is 105 Å². The quantitative estimate of drug-likeness (QED) is 0.187. The first kappa shape index (κ1) is 32.0. The molecule has 8 nitrogen and oxygen atoms in total. The second-order valence-electron chi connectivity index (χ2n) is 18.1. The Morgan fingerprint density at radius 1 is 0.673 bits per heavy atom. The van der Waals surface area contributed by atoms with Gasteiger partial charge in [-0.25, -0.2) is 0 Å². The molecule has 0 bridgehead atoms. The molecule has 3 atom stereocenters. The van der Waals surface area contributed by atoms with Crippen molar-refractivity contribution < 1.29 is 9.59 Å². The number of nitrogens with zero attached hydrogens (tertiary/aromatic N) is 3. The Morgan fingerprint density at radius 2 is 1.23 bits per heavy atom. The summed E-state index contributed by atoms with van der Waals surface area (Å²) in [5.74, 6) is 2.97. The fourth-order valence-electron chi connectivity index (χ4n) is 10.6. The normalized spacial score (nSPS) is 29.2. The number of aromatic nitrogens is 4. The first-order valence-corrected chi connectivity index (χ1v) is 19.3. The molecule has 4 aliphatic carbocycles. The number of H-pyrrole nitrogens is 1. The summed E-state index contributed by atoms with van der Waals surface area (Å²) in [6.07, 6.45) is 6.97. The first-order valence-electron chi connectivity index (χ1n) is 19.3. The minimum absolute atomic E-state index is 0.129. The third-order valence-corrected chi connectivity index (χ3v) is 13.2. The predicted molar refractivity (Wildman–Crippen MR) is 202 cm³/mol. The average Bonchev–Trinajstić information content (AvgIpc) is 4.04. The number of Topliss-reactive ketones (excluding diaryl/α,β-unsaturated/α-hetero) is 2. The Hall–Kier alpha value is -4.72. The molecule has 2 aliphatic heterocycles. The van der Waals surface area contributed by atoms with Gasteiger partial charge in [-0.05, 0) is 74.3 Å². The average molecular weight is 693 g/mol. The van der Waals surface area contributed by atoms with Crippen LogP contribution in [-0.2, 0) is 27.0 Å². The second kappa shape index (κ2) is 10.7. The summed E-state index contributed by atoms with van der Waals surface area (Å²) in [5.41, 5.74) is 8.94. The van der Waals surface area contributed by atoms with Crippen LogP contribution in [0.5, 0.6) is 0 Å². The van der Waals surface area contributed by atoms with Gasteiger partial charge in [-0.15, -0.1) is 0 Å². The highest BCUT2D eigenvalue weighted by molar-refractivity contribution is 6.04. The van der Waals surface area contributed by atoms with E-state index in [9.17, 15) is 9.59 Å². The maximum Gasteiger partial charge on any atom is 0.162 e. The molecule has 2 fully saturated rings. The third-order valence-electron chi connectivity index (χ3n) is 13.2. The van der Waals surface area contributed by atoms with Gasteiger partial charge >= 0.3 is 0 Å². The smallest absolute Gasteiger partial charge is 0.162 e. The molecule has 8 heteroatoms. The highest BCUT2D eigenvalue weighted by Crippen LogP contribution is 2.59. The lowest BCUT2D eigenvalue weighted by atomic mass is 9.61. The van der Waals surface area contributed by atoms with Crippen molar-refractivity contribution in [2.45, 2.75) is 115 Å². The van der Waals surface area contributed by atoms with Gasteiger partial charge in [0, 0.05) is 76.3 Å². The Bertz CT molecular complexity index is 2250. The molecule has 4 heterocycles. The van der Waals surface area contributed by atoms with Gasteiger partial charge in [0.1, 0.15) is 0 Å². The zero-order chi connectivity index (χ0) is 35.8. The van der Waals surface area contributed by atoms with Crippen molar-refractivity contribution in [2.24, 2.45) is 10.8 Å². The van der Waals surface area contributed by atoms with E-state index in [0.29, 0.717) is 37.6 Å². The Kier molecular flexibility index (Phi) is 6.56. The SMILES string of the molecule is CC1(C)CC(=O)C2=C(C1)Nc1nn(CC3(C)CC(=O)C4=C(C3)Nc3n[nH]c(C5CC5)c3C4(C)c3ccccc3)c(C3CC3)c1[C@]2(C)c1ccccc1. The number of aromatic amines is 1. The molecule has 2 unspecified atom stereocenters. The summed E-state index contributed by atoms with van der Waals surface area (Å²) in [4.78, 5) is 29.0. The van der Waals surface area contributed by atoms with Crippen LogP contribution in [-0.4, -0.2) is 31.5 Å². The molecule has 10 rings (SSSR count). The van der Waals surface area contributed by atoms with Gasteiger partial charge in [-0.3, -0.25) is 19.4 Å². The third kappa shape index (κ3) is 4.58. The van der Waals surface area contributed by atoms with E-state index >= 15 is 0 Å². The van der Waals surface area contributed by atoms with Crippen LogP contribution in [0.1, 0.15) is 131 Å². The first-order chi connectivity index (χ1) is 24.9. The number of hydrogen-bond acceptors (Lipinski definition) is 6. The predicted octanol–water partition coefficient (Wildman–Crippen LogP) is 8.79. The largest absolute Gasteiger partial charge is 0.342 e. The van der Waals surface area contributed by atoms with E-state index in [2.05, 4.69) is 104 Å². The van der Waals surface area contributed by atoms with E-state index in [4.69, 9.17) is 10.2 Å². The van der Waals surface area contributed by atoms with E-state index < -0.39 is 10.8 Å². The van der Waals surface area contributed by atoms with Crippen LogP contribution in [0.2, 0.25) is 0 Å². The van der Waals surface area contributed by atoms with E-state index in [-0.39, 0.29) is 22.4 Å². The van der Waals surface area contributed by atoms with Gasteiger partial charge in [0.05, 0.1) is 10.8 Å². The number of nitrogens with one attached hydrogen (secondary N) is 3. The lowest BCUT2D eigenvalue weighted by Crippen LogP contribution is -2.44. The summed E-state index contributed by atoms with van der Waals surface area (Å²) in [5, 5.41) is 21.1. The van der Waals surface area contributed by atoms with E-state index in [1.54, 1.807) is 0 Å². The zero-order valence-corrected chi connectivity index (χ0v) is 31.0. The number of hydrogen-bond donors (Lipinski definition) is 3. The molecule has 2 saturated carbocycles. The monoisotopic (exact) mass is 692 g/mol. The maximum atomic E-state index is 14.8. The molecular formula is C44H48N6O2. The highest BCUT2D eigenvalue weighted by atomic mass is 16.1. The van der Waals surface area contributed by atoms with Gasteiger partial charge < -0.3 is 10.6 Å². The van der Waals surface area contributed by atoms with Gasteiger partial charge in [0.2, 0.25) is 0 Å². The highest BCUT2D eigenvalue weighted by Gasteiger charge is 2.54. The van der Waals surface area contributed by atoms with Crippen molar-refractivity contribution >= 4 is 23.2 Å². The van der Waals surface area contributed by atoms with Crippen molar-refractivity contribution in [3.8, 4) is 0 Å². The van der Waals surface area contributed by atoms with Crippen LogP contribution >= 0.6 is 0 Å². The number of ketones is 2. The Morgan fingerprint density at radius 3 is 1.85 bits per heavy atom. The number of fused-ring (bicyclic) bond motifs is 2. The van der Waals surface area contributed by atoms with Crippen LogP contribution in [0.4, 0.5) is 11.6 Å². The van der Waals surface area contributed by atoms with E-state index in [1.807, 2.05) is 12.1 Å². The molecule has 0 amide bonds. The van der Waals surface area contributed by atoms with Crippen LogP contribution in [0.3, 0.4) is 0 Å². The van der Waals surface area contributed by atoms with Crippen LogP contribution in [0.25, 0.3) is 0 Å². The molecule has 0 saturated heterocycles.